The summed E-state index contributed by atoms with van der Waals surface area (Å²) in [6.07, 6.45) is 4.04. The maximum atomic E-state index is 12.5. The zero-order chi connectivity index (χ0) is 16.1. The van der Waals surface area contributed by atoms with Gasteiger partial charge in [-0.2, -0.15) is 0 Å². The molecule has 5 nitrogen and oxygen atoms in total. The highest BCUT2D eigenvalue weighted by atomic mass is 16.5. The van der Waals surface area contributed by atoms with Gasteiger partial charge in [-0.25, -0.2) is 0 Å². The van der Waals surface area contributed by atoms with Crippen LogP contribution >= 0.6 is 0 Å². The molecule has 0 aliphatic carbocycles. The van der Waals surface area contributed by atoms with Gasteiger partial charge in [0.25, 0.3) is 5.91 Å². The molecule has 2 aromatic rings. The zero-order valence-corrected chi connectivity index (χ0v) is 13.1. The predicted octanol–water partition coefficient (Wildman–Crippen LogP) is 2.17. The monoisotopic (exact) mass is 312 g/mol. The Morgan fingerprint density at radius 1 is 1.35 bits per heavy atom. The number of methoxy groups -OCH3 is 1. The van der Waals surface area contributed by atoms with Crippen molar-refractivity contribution in [3.8, 4) is 5.75 Å². The Labute approximate surface area is 135 Å². The molecule has 1 atom stereocenters. The Morgan fingerprint density at radius 2 is 2.17 bits per heavy atom. The Balaban J connectivity index is 1.65. The van der Waals surface area contributed by atoms with Gasteiger partial charge < -0.3 is 14.4 Å². The largest absolute Gasteiger partial charge is 0.497 e. The summed E-state index contributed by atoms with van der Waals surface area (Å²) < 4.78 is 11.1. The van der Waals surface area contributed by atoms with E-state index in [1.807, 2.05) is 23.1 Å². The van der Waals surface area contributed by atoms with Crippen molar-refractivity contribution in [1.29, 1.82) is 0 Å². The molecule has 0 bridgehead atoms. The summed E-state index contributed by atoms with van der Waals surface area (Å²) >= 11 is 0. The van der Waals surface area contributed by atoms with Gasteiger partial charge in [0.15, 0.2) is 0 Å². The number of hydrogen-bond donors (Lipinski definition) is 0. The molecule has 0 unspecified atom stereocenters. The second-order valence-corrected chi connectivity index (χ2v) is 5.54. The lowest BCUT2D eigenvalue weighted by molar-refractivity contribution is -0.0208. The second kappa shape index (κ2) is 7.24. The zero-order valence-electron chi connectivity index (χ0n) is 13.1. The van der Waals surface area contributed by atoms with Gasteiger partial charge in [-0.1, -0.05) is 12.1 Å². The number of carbonyl (C=O) groups excluding carboxylic acids is 1. The lowest BCUT2D eigenvalue weighted by Crippen LogP contribution is -2.46. The first-order chi connectivity index (χ1) is 11.3. The van der Waals surface area contributed by atoms with Crippen molar-refractivity contribution in [2.24, 2.45) is 0 Å². The summed E-state index contributed by atoms with van der Waals surface area (Å²) in [7, 11) is 1.66. The van der Waals surface area contributed by atoms with E-state index in [9.17, 15) is 4.79 Å². The van der Waals surface area contributed by atoms with Crippen LogP contribution in [-0.4, -0.2) is 48.7 Å². The minimum absolute atomic E-state index is 0.00152. The normalized spacial score (nSPS) is 17.8. The number of nitrogens with zero attached hydrogens (tertiary/aromatic N) is 2. The summed E-state index contributed by atoms with van der Waals surface area (Å²) in [5, 5.41) is 0. The van der Waals surface area contributed by atoms with Crippen LogP contribution in [0.4, 0.5) is 0 Å². The molecule has 0 radical (unpaired) electrons. The first-order valence-corrected chi connectivity index (χ1v) is 7.70. The summed E-state index contributed by atoms with van der Waals surface area (Å²) in [6.45, 7) is 1.78. The van der Waals surface area contributed by atoms with Crippen LogP contribution in [0.15, 0.2) is 48.8 Å². The SMILES string of the molecule is COc1cccc(C[C@@H]2CN(C(=O)c3ccncc3)CCO2)c1. The van der Waals surface area contributed by atoms with Crippen LogP contribution in [-0.2, 0) is 11.2 Å². The number of benzene rings is 1. The predicted molar refractivity (Wildman–Crippen MR) is 86.6 cm³/mol. The smallest absolute Gasteiger partial charge is 0.254 e. The van der Waals surface area contributed by atoms with Crippen LogP contribution in [0, 0.1) is 0 Å². The maximum absolute atomic E-state index is 12.5. The first-order valence-electron chi connectivity index (χ1n) is 7.70. The number of rotatable bonds is 4. The summed E-state index contributed by atoms with van der Waals surface area (Å²) in [5.41, 5.74) is 1.81. The molecule has 1 aromatic heterocycles. The second-order valence-electron chi connectivity index (χ2n) is 5.54. The fraction of sp³-hybridized carbons (Fsp3) is 0.333. The number of pyridine rings is 1. The van der Waals surface area contributed by atoms with E-state index < -0.39 is 0 Å². The number of amides is 1. The van der Waals surface area contributed by atoms with Crippen molar-refractivity contribution in [1.82, 2.24) is 9.88 Å². The van der Waals surface area contributed by atoms with Crippen LogP contribution in [0.5, 0.6) is 5.75 Å². The molecule has 1 amide bonds. The van der Waals surface area contributed by atoms with Gasteiger partial charge in [0.1, 0.15) is 5.75 Å². The molecule has 1 saturated heterocycles. The van der Waals surface area contributed by atoms with Crippen LogP contribution < -0.4 is 4.74 Å². The van der Waals surface area contributed by atoms with Gasteiger partial charge in [0, 0.05) is 37.5 Å². The van der Waals surface area contributed by atoms with E-state index in [-0.39, 0.29) is 12.0 Å². The molecule has 0 spiro atoms. The fourth-order valence-corrected chi connectivity index (χ4v) is 2.77. The average molecular weight is 312 g/mol. The molecule has 23 heavy (non-hydrogen) atoms. The van der Waals surface area contributed by atoms with Crippen LogP contribution in [0.3, 0.4) is 0 Å². The molecule has 2 heterocycles. The van der Waals surface area contributed by atoms with Crippen molar-refractivity contribution in [3.63, 3.8) is 0 Å². The van der Waals surface area contributed by atoms with Crippen molar-refractivity contribution < 1.29 is 14.3 Å². The number of aromatic nitrogens is 1. The fourth-order valence-electron chi connectivity index (χ4n) is 2.77. The number of hydrogen-bond acceptors (Lipinski definition) is 4. The van der Waals surface area contributed by atoms with Gasteiger partial charge in [0.05, 0.1) is 19.8 Å². The molecule has 120 valence electrons. The topological polar surface area (TPSA) is 51.7 Å². The first kappa shape index (κ1) is 15.5. The molecule has 3 rings (SSSR count). The average Bonchev–Trinajstić information content (AvgIpc) is 2.62. The van der Waals surface area contributed by atoms with E-state index in [2.05, 4.69) is 11.1 Å². The van der Waals surface area contributed by atoms with Gasteiger partial charge in [-0.15, -0.1) is 0 Å². The van der Waals surface area contributed by atoms with Crippen molar-refractivity contribution in [3.05, 3.63) is 59.9 Å². The van der Waals surface area contributed by atoms with Gasteiger partial charge in [-0.3, -0.25) is 9.78 Å². The van der Waals surface area contributed by atoms with E-state index in [0.717, 1.165) is 17.7 Å². The van der Waals surface area contributed by atoms with Gasteiger partial charge in [0.2, 0.25) is 0 Å². The van der Waals surface area contributed by atoms with Crippen molar-refractivity contribution in [2.45, 2.75) is 12.5 Å². The van der Waals surface area contributed by atoms with Crippen LogP contribution in [0.1, 0.15) is 15.9 Å². The van der Waals surface area contributed by atoms with Crippen LogP contribution in [0.25, 0.3) is 0 Å². The molecular weight excluding hydrogens is 292 g/mol. The number of carbonyl (C=O) groups is 1. The van der Waals surface area contributed by atoms with Gasteiger partial charge in [-0.05, 0) is 29.8 Å². The molecule has 1 fully saturated rings. The summed E-state index contributed by atoms with van der Waals surface area (Å²) in [4.78, 5) is 18.3. The lowest BCUT2D eigenvalue weighted by atomic mass is 10.1. The standard InChI is InChI=1S/C18H20N2O3/c1-22-16-4-2-3-14(11-16)12-17-13-20(9-10-23-17)18(21)15-5-7-19-8-6-15/h2-8,11,17H,9-10,12-13H2,1H3/t17-/m1/s1. The molecule has 1 aliphatic rings. The molecule has 1 aliphatic heterocycles. The summed E-state index contributed by atoms with van der Waals surface area (Å²) in [6, 6.07) is 11.4. The van der Waals surface area contributed by atoms with E-state index in [1.165, 1.54) is 0 Å². The van der Waals surface area contributed by atoms with Crippen LogP contribution in [0.2, 0.25) is 0 Å². The van der Waals surface area contributed by atoms with E-state index in [4.69, 9.17) is 9.47 Å². The number of morpholine rings is 1. The third-order valence-electron chi connectivity index (χ3n) is 3.95. The highest BCUT2D eigenvalue weighted by molar-refractivity contribution is 5.94. The minimum Gasteiger partial charge on any atom is -0.497 e. The minimum atomic E-state index is 0.00152. The van der Waals surface area contributed by atoms with E-state index in [1.54, 1.807) is 31.6 Å². The third-order valence-corrected chi connectivity index (χ3v) is 3.95. The molecule has 0 saturated carbocycles. The maximum Gasteiger partial charge on any atom is 0.254 e. The Morgan fingerprint density at radius 3 is 2.96 bits per heavy atom. The van der Waals surface area contributed by atoms with E-state index >= 15 is 0 Å². The quantitative estimate of drug-likeness (QED) is 0.868. The van der Waals surface area contributed by atoms with Gasteiger partial charge >= 0.3 is 0 Å². The Bertz CT molecular complexity index is 660. The number of ether oxygens (including phenoxy) is 2. The van der Waals surface area contributed by atoms with E-state index in [0.29, 0.717) is 25.3 Å². The third kappa shape index (κ3) is 3.87. The summed E-state index contributed by atoms with van der Waals surface area (Å²) in [5.74, 6) is 0.870. The van der Waals surface area contributed by atoms with Crippen molar-refractivity contribution in [2.75, 3.05) is 26.8 Å². The Kier molecular flexibility index (Phi) is 4.88. The molecule has 1 aromatic carbocycles. The molecule has 0 N–H and O–H groups in total. The highest BCUT2D eigenvalue weighted by Crippen LogP contribution is 2.18. The highest BCUT2D eigenvalue weighted by Gasteiger charge is 2.25. The van der Waals surface area contributed by atoms with Crippen molar-refractivity contribution >= 4 is 5.91 Å². The molecular formula is C18H20N2O3. The Hall–Kier alpha value is -2.40. The molecule has 5 heteroatoms. The lowest BCUT2D eigenvalue weighted by Gasteiger charge is -2.33.